The van der Waals surface area contributed by atoms with Gasteiger partial charge in [-0.2, -0.15) is 0 Å². The number of hydrogen-bond donors (Lipinski definition) is 2. The smallest absolute Gasteiger partial charge is 0.337 e. The molecule has 0 bridgehead atoms. The van der Waals surface area contributed by atoms with E-state index in [4.69, 9.17) is 4.74 Å². The highest BCUT2D eigenvalue weighted by Gasteiger charge is 2.11. The van der Waals surface area contributed by atoms with E-state index in [1.54, 1.807) is 36.5 Å². The van der Waals surface area contributed by atoms with Gasteiger partial charge in [0.05, 0.1) is 18.2 Å². The minimum Gasteiger partial charge on any atom is -0.465 e. The van der Waals surface area contributed by atoms with Crippen LogP contribution in [0.3, 0.4) is 0 Å². The fraction of sp³-hybridized carbons (Fsp3) is 0.0833. The maximum Gasteiger partial charge on any atom is 0.337 e. The third kappa shape index (κ3) is 6.37. The summed E-state index contributed by atoms with van der Waals surface area (Å²) in [4.78, 5) is 40.5. The van der Waals surface area contributed by atoms with Crippen LogP contribution < -0.4 is 10.6 Å². The Labute approximate surface area is 179 Å². The third-order valence-corrected chi connectivity index (χ3v) is 4.28. The van der Waals surface area contributed by atoms with Crippen LogP contribution in [0.15, 0.2) is 79.1 Å². The SMILES string of the molecule is COC(=O)c1cc(CNC(=O)c2cccnc2)cc(NC(=O)C=Cc2ccccc2)c1. The van der Waals surface area contributed by atoms with E-state index < -0.39 is 5.97 Å². The molecule has 7 nitrogen and oxygen atoms in total. The van der Waals surface area contributed by atoms with Gasteiger partial charge in [0.1, 0.15) is 0 Å². The van der Waals surface area contributed by atoms with Crippen molar-refractivity contribution in [3.05, 3.63) is 101 Å². The number of hydrogen-bond acceptors (Lipinski definition) is 5. The topological polar surface area (TPSA) is 97.4 Å². The normalized spacial score (nSPS) is 10.5. The highest BCUT2D eigenvalue weighted by molar-refractivity contribution is 6.03. The number of esters is 1. The first-order valence-electron chi connectivity index (χ1n) is 9.50. The molecule has 0 fully saturated rings. The molecule has 1 aromatic heterocycles. The second-order valence-electron chi connectivity index (χ2n) is 6.57. The molecule has 2 N–H and O–H groups in total. The van der Waals surface area contributed by atoms with Crippen LogP contribution in [0.5, 0.6) is 0 Å². The molecule has 1 heterocycles. The van der Waals surface area contributed by atoms with Crippen molar-refractivity contribution < 1.29 is 19.1 Å². The lowest BCUT2D eigenvalue weighted by molar-refractivity contribution is -0.111. The summed E-state index contributed by atoms with van der Waals surface area (Å²) < 4.78 is 4.79. The molecule has 0 radical (unpaired) electrons. The molecule has 0 aliphatic carbocycles. The summed E-state index contributed by atoms with van der Waals surface area (Å²) in [5, 5.41) is 5.50. The predicted octanol–water partition coefficient (Wildman–Crippen LogP) is 3.45. The first kappa shape index (κ1) is 21.4. The fourth-order valence-electron chi connectivity index (χ4n) is 2.80. The summed E-state index contributed by atoms with van der Waals surface area (Å²) in [6.07, 6.45) is 6.14. The monoisotopic (exact) mass is 415 g/mol. The predicted molar refractivity (Wildman–Crippen MR) is 117 cm³/mol. The molecule has 0 saturated heterocycles. The lowest BCUT2D eigenvalue weighted by atomic mass is 10.1. The maximum atomic E-state index is 12.3. The van der Waals surface area contributed by atoms with E-state index in [-0.39, 0.29) is 23.9 Å². The zero-order valence-electron chi connectivity index (χ0n) is 16.9. The first-order valence-corrected chi connectivity index (χ1v) is 9.50. The molecule has 0 aliphatic rings. The van der Waals surface area contributed by atoms with Crippen LogP contribution in [-0.2, 0) is 16.1 Å². The molecule has 0 spiro atoms. The second kappa shape index (κ2) is 10.5. The number of amides is 2. The van der Waals surface area contributed by atoms with E-state index in [1.807, 2.05) is 30.3 Å². The summed E-state index contributed by atoms with van der Waals surface area (Å²) in [6, 6.07) is 17.5. The summed E-state index contributed by atoms with van der Waals surface area (Å²) >= 11 is 0. The van der Waals surface area contributed by atoms with Gasteiger partial charge >= 0.3 is 5.97 Å². The van der Waals surface area contributed by atoms with E-state index in [9.17, 15) is 14.4 Å². The number of anilines is 1. The number of aromatic nitrogens is 1. The minimum atomic E-state index is -0.546. The number of methoxy groups -OCH3 is 1. The number of carbonyl (C=O) groups is 3. The number of ether oxygens (including phenoxy) is 1. The zero-order chi connectivity index (χ0) is 22.1. The van der Waals surface area contributed by atoms with Crippen LogP contribution >= 0.6 is 0 Å². The van der Waals surface area contributed by atoms with E-state index in [1.165, 1.54) is 25.4 Å². The fourth-order valence-corrected chi connectivity index (χ4v) is 2.80. The number of rotatable bonds is 7. The average molecular weight is 415 g/mol. The number of benzene rings is 2. The van der Waals surface area contributed by atoms with Crippen LogP contribution in [-0.4, -0.2) is 29.9 Å². The highest BCUT2D eigenvalue weighted by Crippen LogP contribution is 2.17. The lowest BCUT2D eigenvalue weighted by Crippen LogP contribution is -2.23. The van der Waals surface area contributed by atoms with E-state index in [0.717, 1.165) is 5.56 Å². The van der Waals surface area contributed by atoms with Crippen molar-refractivity contribution in [1.29, 1.82) is 0 Å². The Hall–Kier alpha value is -4.26. The van der Waals surface area contributed by atoms with E-state index in [0.29, 0.717) is 16.8 Å². The largest absolute Gasteiger partial charge is 0.465 e. The molecule has 0 saturated carbocycles. The standard InChI is InChI=1S/C24H21N3O4/c1-31-24(30)20-12-18(15-26-23(29)19-8-5-11-25-16-19)13-21(14-20)27-22(28)10-9-17-6-3-2-4-7-17/h2-14,16H,15H2,1H3,(H,26,29)(H,27,28). The molecule has 7 heteroatoms. The average Bonchev–Trinajstić information content (AvgIpc) is 2.81. The Balaban J connectivity index is 1.73. The molecule has 156 valence electrons. The van der Waals surface area contributed by atoms with Crippen molar-refractivity contribution in [2.75, 3.05) is 12.4 Å². The molecule has 0 atom stereocenters. The van der Waals surface area contributed by atoms with Crippen molar-refractivity contribution in [3.8, 4) is 0 Å². The van der Waals surface area contributed by atoms with Gasteiger partial charge < -0.3 is 15.4 Å². The third-order valence-electron chi connectivity index (χ3n) is 4.28. The summed E-state index contributed by atoms with van der Waals surface area (Å²) in [6.45, 7) is 0.154. The molecular formula is C24H21N3O4. The Morgan fingerprint density at radius 3 is 2.52 bits per heavy atom. The number of nitrogens with zero attached hydrogens (tertiary/aromatic N) is 1. The quantitative estimate of drug-likeness (QED) is 0.455. The number of pyridine rings is 1. The Kier molecular flexibility index (Phi) is 7.26. The van der Waals surface area contributed by atoms with Crippen molar-refractivity contribution in [3.63, 3.8) is 0 Å². The van der Waals surface area contributed by atoms with Gasteiger partial charge in [-0.1, -0.05) is 30.3 Å². The Morgan fingerprint density at radius 1 is 1.00 bits per heavy atom. The number of carbonyl (C=O) groups excluding carboxylic acids is 3. The Morgan fingerprint density at radius 2 is 1.81 bits per heavy atom. The maximum absolute atomic E-state index is 12.3. The van der Waals surface area contributed by atoms with E-state index >= 15 is 0 Å². The molecular weight excluding hydrogens is 394 g/mol. The van der Waals surface area contributed by atoms with Crippen molar-refractivity contribution in [1.82, 2.24) is 10.3 Å². The van der Waals surface area contributed by atoms with E-state index in [2.05, 4.69) is 15.6 Å². The molecule has 0 aliphatic heterocycles. The van der Waals surface area contributed by atoms with Crippen molar-refractivity contribution in [2.24, 2.45) is 0 Å². The van der Waals surface area contributed by atoms with Gasteiger partial charge in [-0.15, -0.1) is 0 Å². The molecule has 31 heavy (non-hydrogen) atoms. The van der Waals surface area contributed by atoms with Gasteiger partial charge in [-0.05, 0) is 47.5 Å². The van der Waals surface area contributed by atoms with Gasteiger partial charge in [-0.25, -0.2) is 4.79 Å². The number of nitrogens with one attached hydrogen (secondary N) is 2. The Bertz CT molecular complexity index is 1100. The molecule has 3 rings (SSSR count). The molecule has 2 amide bonds. The van der Waals surface area contributed by atoms with Gasteiger partial charge in [-0.3, -0.25) is 14.6 Å². The first-order chi connectivity index (χ1) is 15.0. The van der Waals surface area contributed by atoms with Crippen LogP contribution in [0.25, 0.3) is 6.08 Å². The van der Waals surface area contributed by atoms with Crippen LogP contribution in [0.2, 0.25) is 0 Å². The van der Waals surface area contributed by atoms with Gasteiger partial charge in [0.2, 0.25) is 5.91 Å². The lowest BCUT2D eigenvalue weighted by Gasteiger charge is -2.10. The van der Waals surface area contributed by atoms with Crippen LogP contribution in [0.4, 0.5) is 5.69 Å². The van der Waals surface area contributed by atoms with Crippen LogP contribution in [0.1, 0.15) is 31.8 Å². The van der Waals surface area contributed by atoms with Gasteiger partial charge in [0.25, 0.3) is 5.91 Å². The van der Waals surface area contributed by atoms with Gasteiger partial charge in [0.15, 0.2) is 0 Å². The molecule has 2 aromatic carbocycles. The highest BCUT2D eigenvalue weighted by atomic mass is 16.5. The van der Waals surface area contributed by atoms with Crippen molar-refractivity contribution >= 4 is 29.5 Å². The van der Waals surface area contributed by atoms with Gasteiger partial charge in [0, 0.05) is 30.7 Å². The van der Waals surface area contributed by atoms with Crippen LogP contribution in [0, 0.1) is 0 Å². The summed E-state index contributed by atoms with van der Waals surface area (Å²) in [7, 11) is 1.28. The second-order valence-corrected chi connectivity index (χ2v) is 6.57. The van der Waals surface area contributed by atoms with Crippen molar-refractivity contribution in [2.45, 2.75) is 6.54 Å². The summed E-state index contributed by atoms with van der Waals surface area (Å²) in [5.74, 6) is -1.19. The summed E-state index contributed by atoms with van der Waals surface area (Å²) in [5.41, 5.74) is 2.61. The zero-order valence-corrected chi connectivity index (χ0v) is 16.9. The minimum absolute atomic E-state index is 0.154. The molecule has 0 unspecified atom stereocenters. The molecule has 3 aromatic rings.